The second kappa shape index (κ2) is 7.82. The molecule has 0 amide bonds. The molecular weight excluding hydrogens is 258 g/mol. The van der Waals surface area contributed by atoms with Crippen molar-refractivity contribution in [2.75, 3.05) is 6.61 Å². The van der Waals surface area contributed by atoms with Crippen LogP contribution >= 0.6 is 0 Å². The Morgan fingerprint density at radius 3 is 2.38 bits per heavy atom. The van der Waals surface area contributed by atoms with Crippen molar-refractivity contribution in [3.63, 3.8) is 0 Å². The Balaban J connectivity index is 2.06. The molecule has 1 aromatic carbocycles. The van der Waals surface area contributed by atoms with E-state index < -0.39 is 0 Å². The summed E-state index contributed by atoms with van der Waals surface area (Å²) in [5.41, 5.74) is 3.73. The molecule has 0 fully saturated rings. The van der Waals surface area contributed by atoms with Crippen LogP contribution in [-0.4, -0.2) is 11.6 Å². The number of benzene rings is 1. The maximum atomic E-state index is 5.48. The van der Waals surface area contributed by atoms with Crippen molar-refractivity contribution >= 4 is 0 Å². The van der Waals surface area contributed by atoms with Gasteiger partial charge in [-0.1, -0.05) is 38.5 Å². The Bertz CT molecular complexity index is 530. The zero-order valence-electron chi connectivity index (χ0n) is 13.3. The Morgan fingerprint density at radius 1 is 1.05 bits per heavy atom. The van der Waals surface area contributed by atoms with Crippen LogP contribution in [0.15, 0.2) is 42.6 Å². The van der Waals surface area contributed by atoms with Crippen LogP contribution in [0.3, 0.4) is 0 Å². The van der Waals surface area contributed by atoms with E-state index in [4.69, 9.17) is 4.74 Å². The minimum atomic E-state index is 0.306. The van der Waals surface area contributed by atoms with Gasteiger partial charge in [0.2, 0.25) is 0 Å². The van der Waals surface area contributed by atoms with E-state index in [0.717, 1.165) is 17.9 Å². The summed E-state index contributed by atoms with van der Waals surface area (Å²) in [5, 5.41) is 0. The van der Waals surface area contributed by atoms with Crippen LogP contribution in [0.1, 0.15) is 56.4 Å². The van der Waals surface area contributed by atoms with Crippen molar-refractivity contribution in [3.05, 3.63) is 59.4 Å². The SMILES string of the molecule is CCCCc1ccc(C(C)c2ccc(OCC)cc2)nc1. The molecule has 1 atom stereocenters. The summed E-state index contributed by atoms with van der Waals surface area (Å²) >= 11 is 0. The second-order valence-corrected chi connectivity index (χ2v) is 5.42. The van der Waals surface area contributed by atoms with Crippen molar-refractivity contribution in [1.82, 2.24) is 4.98 Å². The summed E-state index contributed by atoms with van der Waals surface area (Å²) < 4.78 is 5.48. The number of hydrogen-bond donors (Lipinski definition) is 0. The molecule has 0 spiro atoms. The van der Waals surface area contributed by atoms with Crippen LogP contribution in [0, 0.1) is 0 Å². The molecule has 112 valence electrons. The predicted molar refractivity (Wildman–Crippen MR) is 88.0 cm³/mol. The van der Waals surface area contributed by atoms with Crippen LogP contribution in [0.4, 0.5) is 0 Å². The Hall–Kier alpha value is -1.83. The summed E-state index contributed by atoms with van der Waals surface area (Å²) in [7, 11) is 0. The molecular formula is C19H25NO. The number of nitrogens with zero attached hydrogens (tertiary/aromatic N) is 1. The van der Waals surface area contributed by atoms with Crippen molar-refractivity contribution in [2.24, 2.45) is 0 Å². The molecule has 2 nitrogen and oxygen atoms in total. The van der Waals surface area contributed by atoms with Gasteiger partial charge in [-0.2, -0.15) is 0 Å². The fourth-order valence-electron chi connectivity index (χ4n) is 2.41. The van der Waals surface area contributed by atoms with Crippen LogP contribution in [-0.2, 0) is 6.42 Å². The number of unbranched alkanes of at least 4 members (excludes halogenated alkanes) is 1. The van der Waals surface area contributed by atoms with Crippen LogP contribution in [0.2, 0.25) is 0 Å². The van der Waals surface area contributed by atoms with Gasteiger partial charge in [-0.15, -0.1) is 0 Å². The average Bonchev–Trinajstić information content (AvgIpc) is 2.54. The van der Waals surface area contributed by atoms with Crippen molar-refractivity contribution < 1.29 is 4.74 Å². The van der Waals surface area contributed by atoms with Gasteiger partial charge >= 0.3 is 0 Å². The summed E-state index contributed by atoms with van der Waals surface area (Å²) in [4.78, 5) is 4.64. The number of rotatable bonds is 7. The maximum Gasteiger partial charge on any atom is 0.119 e. The molecule has 0 aliphatic heterocycles. The molecule has 0 bridgehead atoms. The van der Waals surface area contributed by atoms with E-state index in [-0.39, 0.29) is 0 Å². The van der Waals surface area contributed by atoms with Gasteiger partial charge in [0.25, 0.3) is 0 Å². The van der Waals surface area contributed by atoms with Gasteiger partial charge in [-0.3, -0.25) is 4.98 Å². The molecule has 0 saturated carbocycles. The first-order chi connectivity index (χ1) is 10.2. The first-order valence-electron chi connectivity index (χ1n) is 7.92. The molecule has 0 N–H and O–H groups in total. The zero-order chi connectivity index (χ0) is 15.1. The van der Waals surface area contributed by atoms with Gasteiger partial charge < -0.3 is 4.74 Å². The van der Waals surface area contributed by atoms with Crippen LogP contribution in [0.5, 0.6) is 5.75 Å². The summed E-state index contributed by atoms with van der Waals surface area (Å²) in [6.45, 7) is 7.12. The van der Waals surface area contributed by atoms with Crippen molar-refractivity contribution in [1.29, 1.82) is 0 Å². The lowest BCUT2D eigenvalue weighted by molar-refractivity contribution is 0.340. The number of aromatic nitrogens is 1. The molecule has 1 unspecified atom stereocenters. The third-order valence-corrected chi connectivity index (χ3v) is 3.80. The maximum absolute atomic E-state index is 5.48. The minimum absolute atomic E-state index is 0.306. The highest BCUT2D eigenvalue weighted by atomic mass is 16.5. The highest BCUT2D eigenvalue weighted by molar-refractivity contribution is 5.33. The largest absolute Gasteiger partial charge is 0.494 e. The Labute approximate surface area is 128 Å². The van der Waals surface area contributed by atoms with Gasteiger partial charge in [0.15, 0.2) is 0 Å². The zero-order valence-corrected chi connectivity index (χ0v) is 13.3. The summed E-state index contributed by atoms with van der Waals surface area (Å²) in [5.74, 6) is 1.23. The number of hydrogen-bond acceptors (Lipinski definition) is 2. The molecule has 2 aromatic rings. The lowest BCUT2D eigenvalue weighted by Crippen LogP contribution is -2.00. The van der Waals surface area contributed by atoms with E-state index in [1.54, 1.807) is 0 Å². The predicted octanol–water partition coefficient (Wildman–Crippen LogP) is 4.97. The molecule has 0 aliphatic carbocycles. The smallest absolute Gasteiger partial charge is 0.119 e. The highest BCUT2D eigenvalue weighted by Crippen LogP contribution is 2.24. The molecule has 2 rings (SSSR count). The van der Waals surface area contributed by atoms with Gasteiger partial charge in [-0.25, -0.2) is 0 Å². The lowest BCUT2D eigenvalue weighted by atomic mass is 9.96. The fraction of sp³-hybridized carbons (Fsp3) is 0.421. The van der Waals surface area contributed by atoms with Gasteiger partial charge in [0.1, 0.15) is 5.75 Å². The lowest BCUT2D eigenvalue weighted by Gasteiger charge is -2.13. The van der Waals surface area contributed by atoms with Crippen molar-refractivity contribution in [3.8, 4) is 5.75 Å². The topological polar surface area (TPSA) is 22.1 Å². The normalized spacial score (nSPS) is 12.1. The third-order valence-electron chi connectivity index (χ3n) is 3.80. The van der Waals surface area contributed by atoms with E-state index >= 15 is 0 Å². The van der Waals surface area contributed by atoms with E-state index in [2.05, 4.69) is 43.1 Å². The van der Waals surface area contributed by atoms with Gasteiger partial charge in [0, 0.05) is 17.8 Å². The minimum Gasteiger partial charge on any atom is -0.494 e. The quantitative estimate of drug-likeness (QED) is 0.715. The van der Waals surface area contributed by atoms with E-state index in [9.17, 15) is 0 Å². The van der Waals surface area contributed by atoms with E-state index in [1.165, 1.54) is 24.0 Å². The molecule has 1 aromatic heterocycles. The second-order valence-electron chi connectivity index (χ2n) is 5.42. The molecule has 0 aliphatic rings. The summed E-state index contributed by atoms with van der Waals surface area (Å²) in [6.07, 6.45) is 5.61. The van der Waals surface area contributed by atoms with Crippen molar-refractivity contribution in [2.45, 2.75) is 46.0 Å². The fourth-order valence-corrected chi connectivity index (χ4v) is 2.41. The Morgan fingerprint density at radius 2 is 1.81 bits per heavy atom. The molecule has 2 heteroatoms. The number of aryl methyl sites for hydroxylation is 1. The van der Waals surface area contributed by atoms with E-state index in [1.807, 2.05) is 25.3 Å². The molecule has 0 radical (unpaired) electrons. The highest BCUT2D eigenvalue weighted by Gasteiger charge is 2.10. The molecule has 0 saturated heterocycles. The van der Waals surface area contributed by atoms with Gasteiger partial charge in [-0.05, 0) is 49.1 Å². The Kier molecular flexibility index (Phi) is 5.79. The average molecular weight is 283 g/mol. The standard InChI is InChI=1S/C19H25NO/c1-4-6-7-16-8-13-19(20-14-16)15(3)17-9-11-18(12-10-17)21-5-2/h8-15H,4-7H2,1-3H3. The monoisotopic (exact) mass is 283 g/mol. The number of pyridine rings is 1. The van der Waals surface area contributed by atoms with Gasteiger partial charge in [0.05, 0.1) is 6.61 Å². The molecule has 1 heterocycles. The third kappa shape index (κ3) is 4.32. The van der Waals surface area contributed by atoms with E-state index in [0.29, 0.717) is 12.5 Å². The first-order valence-corrected chi connectivity index (χ1v) is 7.92. The molecule has 21 heavy (non-hydrogen) atoms. The first kappa shape index (κ1) is 15.6. The van der Waals surface area contributed by atoms with Crippen LogP contribution in [0.25, 0.3) is 0 Å². The van der Waals surface area contributed by atoms with Crippen LogP contribution < -0.4 is 4.74 Å². The number of ether oxygens (including phenoxy) is 1. The summed E-state index contributed by atoms with van der Waals surface area (Å²) in [6, 6.07) is 12.7.